The van der Waals surface area contributed by atoms with Gasteiger partial charge in [-0.15, -0.1) is 0 Å². The van der Waals surface area contributed by atoms with E-state index in [2.05, 4.69) is 20.3 Å². The van der Waals surface area contributed by atoms with Crippen molar-refractivity contribution in [1.82, 2.24) is 15.0 Å². The number of fused-ring (bicyclic) bond motifs is 3. The molecule has 0 bridgehead atoms. The second-order valence-electron chi connectivity index (χ2n) is 4.53. The van der Waals surface area contributed by atoms with Gasteiger partial charge in [0.2, 0.25) is 5.95 Å². The van der Waals surface area contributed by atoms with Crippen LogP contribution in [-0.4, -0.2) is 35.2 Å². The Morgan fingerprint density at radius 1 is 1.00 bits per heavy atom. The summed E-state index contributed by atoms with van der Waals surface area (Å²) < 4.78 is 11.2. The number of hydrogen-bond acceptors (Lipinski definition) is 6. The van der Waals surface area contributed by atoms with Gasteiger partial charge in [0, 0.05) is 30.1 Å². The Balaban J connectivity index is 1.98. The molecule has 0 saturated carbocycles. The van der Waals surface area contributed by atoms with E-state index in [1.54, 1.807) is 13.2 Å². The summed E-state index contributed by atoms with van der Waals surface area (Å²) in [7, 11) is 1.78. The molecule has 4 rings (SSSR count). The summed E-state index contributed by atoms with van der Waals surface area (Å²) >= 11 is 0. The Kier molecular flexibility index (Phi) is 2.35. The molecule has 3 heterocycles. The molecule has 0 atom stereocenters. The zero-order chi connectivity index (χ0) is 13.5. The lowest BCUT2D eigenvalue weighted by molar-refractivity contribution is 0.172. The summed E-state index contributed by atoms with van der Waals surface area (Å²) in [5.41, 5.74) is 1.50. The zero-order valence-electron chi connectivity index (χ0n) is 10.9. The van der Waals surface area contributed by atoms with Crippen LogP contribution in [0.25, 0.3) is 21.9 Å². The molecule has 0 radical (unpaired) electrons. The predicted molar refractivity (Wildman–Crippen MR) is 75.4 cm³/mol. The monoisotopic (exact) mass is 268 g/mol. The first kappa shape index (κ1) is 11.2. The first-order valence-corrected chi connectivity index (χ1v) is 6.38. The highest BCUT2D eigenvalue weighted by molar-refractivity contribution is 5.92. The van der Waals surface area contributed by atoms with Gasteiger partial charge in [-0.3, -0.25) is 0 Å². The lowest BCUT2D eigenvalue weighted by Crippen LogP contribution is -2.15. The zero-order valence-corrected chi connectivity index (χ0v) is 10.9. The third kappa shape index (κ3) is 1.69. The summed E-state index contributed by atoms with van der Waals surface area (Å²) in [6.45, 7) is 1.15. The first-order chi connectivity index (χ1) is 9.83. The molecule has 0 aliphatic carbocycles. The number of nitrogens with one attached hydrogen (secondary N) is 1. The first-order valence-electron chi connectivity index (χ1n) is 6.38. The van der Waals surface area contributed by atoms with E-state index in [4.69, 9.17) is 9.47 Å². The normalized spacial score (nSPS) is 13.7. The molecule has 6 nitrogen and oxygen atoms in total. The standard InChI is InChI=1S/C14H12N4O2/c1-15-14-16-7-9-4-8-5-11-12(20-3-2-19-11)6-10(8)17-13(9)18-14/h4-7H,2-3H2,1H3,(H,15,16,17,18). The maximum Gasteiger partial charge on any atom is 0.224 e. The van der Waals surface area contributed by atoms with Crippen LogP contribution in [0.3, 0.4) is 0 Å². The Bertz CT molecular complexity index is 819. The van der Waals surface area contributed by atoms with E-state index in [-0.39, 0.29) is 0 Å². The quantitative estimate of drug-likeness (QED) is 0.681. The van der Waals surface area contributed by atoms with E-state index in [1.165, 1.54) is 0 Å². The van der Waals surface area contributed by atoms with Gasteiger partial charge in [-0.05, 0) is 12.1 Å². The second-order valence-corrected chi connectivity index (χ2v) is 4.53. The minimum absolute atomic E-state index is 0.557. The van der Waals surface area contributed by atoms with Crippen molar-refractivity contribution in [3.05, 3.63) is 24.4 Å². The molecule has 0 amide bonds. The van der Waals surface area contributed by atoms with Gasteiger partial charge in [-0.25, -0.2) is 9.97 Å². The fourth-order valence-electron chi connectivity index (χ4n) is 2.28. The van der Waals surface area contributed by atoms with Crippen LogP contribution in [0.15, 0.2) is 24.4 Å². The number of aromatic nitrogens is 3. The summed E-state index contributed by atoms with van der Waals surface area (Å²) in [6, 6.07) is 5.85. The number of pyridine rings is 1. The average molecular weight is 268 g/mol. The van der Waals surface area contributed by atoms with E-state index in [9.17, 15) is 0 Å². The van der Waals surface area contributed by atoms with Crippen molar-refractivity contribution in [2.45, 2.75) is 0 Å². The van der Waals surface area contributed by atoms with Crippen molar-refractivity contribution in [2.75, 3.05) is 25.6 Å². The van der Waals surface area contributed by atoms with Gasteiger partial charge in [-0.2, -0.15) is 4.98 Å². The molecule has 1 aromatic carbocycles. The predicted octanol–water partition coefficient (Wildman–Crippen LogP) is 1.99. The van der Waals surface area contributed by atoms with Gasteiger partial charge in [0.1, 0.15) is 13.2 Å². The van der Waals surface area contributed by atoms with Gasteiger partial charge in [-0.1, -0.05) is 0 Å². The van der Waals surface area contributed by atoms with Crippen LogP contribution >= 0.6 is 0 Å². The molecule has 1 aliphatic heterocycles. The molecule has 0 fully saturated rings. The third-order valence-corrected chi connectivity index (χ3v) is 3.25. The van der Waals surface area contributed by atoms with Crippen molar-refractivity contribution in [1.29, 1.82) is 0 Å². The van der Waals surface area contributed by atoms with Gasteiger partial charge >= 0.3 is 0 Å². The van der Waals surface area contributed by atoms with E-state index in [1.807, 2.05) is 18.2 Å². The highest BCUT2D eigenvalue weighted by Gasteiger charge is 2.14. The number of nitrogens with zero attached hydrogens (tertiary/aromatic N) is 3. The number of ether oxygens (including phenoxy) is 2. The average Bonchev–Trinajstić information content (AvgIpc) is 2.50. The molecule has 20 heavy (non-hydrogen) atoms. The molecule has 0 unspecified atom stereocenters. The molecular weight excluding hydrogens is 256 g/mol. The van der Waals surface area contributed by atoms with Crippen molar-refractivity contribution in [2.24, 2.45) is 0 Å². The molecule has 3 aromatic rings. The summed E-state index contributed by atoms with van der Waals surface area (Å²) in [4.78, 5) is 13.1. The number of anilines is 1. The Hall–Kier alpha value is -2.63. The summed E-state index contributed by atoms with van der Waals surface area (Å²) in [6.07, 6.45) is 1.76. The molecule has 0 spiro atoms. The molecule has 6 heteroatoms. The van der Waals surface area contributed by atoms with Crippen LogP contribution in [0.1, 0.15) is 0 Å². The maximum atomic E-state index is 5.59. The van der Waals surface area contributed by atoms with E-state index >= 15 is 0 Å². The van der Waals surface area contributed by atoms with Crippen LogP contribution < -0.4 is 14.8 Å². The Morgan fingerprint density at radius 3 is 2.60 bits per heavy atom. The highest BCUT2D eigenvalue weighted by Crippen LogP contribution is 2.34. The van der Waals surface area contributed by atoms with E-state index in [0.29, 0.717) is 24.8 Å². The largest absolute Gasteiger partial charge is 0.486 e. The third-order valence-electron chi connectivity index (χ3n) is 3.25. The van der Waals surface area contributed by atoms with Gasteiger partial charge in [0.15, 0.2) is 17.1 Å². The molecule has 2 aromatic heterocycles. The lowest BCUT2D eigenvalue weighted by atomic mass is 10.1. The molecular formula is C14H12N4O2. The van der Waals surface area contributed by atoms with Crippen molar-refractivity contribution in [3.8, 4) is 11.5 Å². The summed E-state index contributed by atoms with van der Waals surface area (Å²) in [5, 5.41) is 4.80. The highest BCUT2D eigenvalue weighted by atomic mass is 16.6. The number of hydrogen-bond donors (Lipinski definition) is 1. The van der Waals surface area contributed by atoms with Crippen molar-refractivity contribution >= 4 is 27.9 Å². The second kappa shape index (κ2) is 4.19. The van der Waals surface area contributed by atoms with Crippen LogP contribution in [0, 0.1) is 0 Å². The van der Waals surface area contributed by atoms with Crippen LogP contribution in [0.5, 0.6) is 11.5 Å². The van der Waals surface area contributed by atoms with Crippen LogP contribution in [0.2, 0.25) is 0 Å². The van der Waals surface area contributed by atoms with Gasteiger partial charge < -0.3 is 14.8 Å². The van der Waals surface area contributed by atoms with E-state index in [0.717, 1.165) is 27.8 Å². The smallest absolute Gasteiger partial charge is 0.224 e. The summed E-state index contributed by atoms with van der Waals surface area (Å²) in [5.74, 6) is 2.05. The number of rotatable bonds is 1. The molecule has 1 N–H and O–H groups in total. The minimum atomic E-state index is 0.557. The van der Waals surface area contributed by atoms with Crippen LogP contribution in [0.4, 0.5) is 5.95 Å². The van der Waals surface area contributed by atoms with Gasteiger partial charge in [0.25, 0.3) is 0 Å². The Labute approximate surface area is 114 Å². The number of benzene rings is 1. The molecule has 0 saturated heterocycles. The maximum absolute atomic E-state index is 5.59. The lowest BCUT2D eigenvalue weighted by Gasteiger charge is -2.18. The minimum Gasteiger partial charge on any atom is -0.486 e. The Morgan fingerprint density at radius 2 is 1.80 bits per heavy atom. The van der Waals surface area contributed by atoms with Crippen LogP contribution in [-0.2, 0) is 0 Å². The molecule has 1 aliphatic rings. The van der Waals surface area contributed by atoms with Crippen molar-refractivity contribution in [3.63, 3.8) is 0 Å². The SMILES string of the molecule is CNc1ncc2cc3cc4c(cc3nc2n1)OCCO4. The van der Waals surface area contributed by atoms with Gasteiger partial charge in [0.05, 0.1) is 5.52 Å². The fourth-order valence-corrected chi connectivity index (χ4v) is 2.28. The van der Waals surface area contributed by atoms with E-state index < -0.39 is 0 Å². The van der Waals surface area contributed by atoms with Crippen molar-refractivity contribution < 1.29 is 9.47 Å². The molecule has 100 valence electrons. The fraction of sp³-hybridized carbons (Fsp3) is 0.214. The topological polar surface area (TPSA) is 69.2 Å².